The van der Waals surface area contributed by atoms with E-state index < -0.39 is 5.82 Å². The quantitative estimate of drug-likeness (QED) is 0.578. The van der Waals surface area contributed by atoms with Crippen LogP contribution in [0.4, 0.5) is 10.1 Å². The van der Waals surface area contributed by atoms with Crippen molar-refractivity contribution in [3.05, 3.63) is 77.0 Å². The second-order valence-corrected chi connectivity index (χ2v) is 6.38. The van der Waals surface area contributed by atoms with Crippen LogP contribution in [0.1, 0.15) is 6.42 Å². The van der Waals surface area contributed by atoms with Gasteiger partial charge in [-0.15, -0.1) is 0 Å². The molecule has 0 spiro atoms. The summed E-state index contributed by atoms with van der Waals surface area (Å²) in [6, 6.07) is 14.7. The number of benzene rings is 2. The van der Waals surface area contributed by atoms with E-state index in [1.165, 1.54) is 16.7 Å². The number of anilines is 1. The van der Waals surface area contributed by atoms with Gasteiger partial charge < -0.3 is 19.0 Å². The third-order valence-corrected chi connectivity index (χ3v) is 4.64. The fourth-order valence-electron chi connectivity index (χ4n) is 3.26. The van der Waals surface area contributed by atoms with E-state index in [9.17, 15) is 14.0 Å². The fourth-order valence-corrected chi connectivity index (χ4v) is 3.26. The summed E-state index contributed by atoms with van der Waals surface area (Å²) in [6.07, 6.45) is 1.84. The summed E-state index contributed by atoms with van der Waals surface area (Å²) in [4.78, 5) is 25.2. The molecule has 0 aliphatic carbocycles. The monoisotopic (exact) mass is 379 g/mol. The second kappa shape index (κ2) is 7.19. The zero-order valence-corrected chi connectivity index (χ0v) is 15.2. The number of amides is 1. The number of fused-ring (bicyclic) bond motifs is 3. The molecule has 4 rings (SSSR count). The van der Waals surface area contributed by atoms with Gasteiger partial charge in [0.1, 0.15) is 17.1 Å². The molecule has 0 aliphatic rings. The molecule has 0 saturated heterocycles. The van der Waals surface area contributed by atoms with Gasteiger partial charge in [-0.05, 0) is 54.6 Å². The van der Waals surface area contributed by atoms with E-state index in [2.05, 4.69) is 5.32 Å². The van der Waals surface area contributed by atoms with E-state index in [0.29, 0.717) is 28.0 Å². The van der Waals surface area contributed by atoms with Crippen molar-refractivity contribution in [2.75, 3.05) is 12.4 Å². The first kappa shape index (κ1) is 17.8. The van der Waals surface area contributed by atoms with Crippen LogP contribution in [0.5, 0.6) is 5.75 Å². The lowest BCUT2D eigenvalue weighted by atomic mass is 10.2. The number of rotatable bonds is 5. The summed E-state index contributed by atoms with van der Waals surface area (Å²) in [5.74, 6) is 0.0188. The summed E-state index contributed by atoms with van der Waals surface area (Å²) in [5.41, 5.74) is 2.01. The molecule has 2 aromatic heterocycles. The predicted octanol–water partition coefficient (Wildman–Crippen LogP) is 3.43. The van der Waals surface area contributed by atoms with Crippen molar-refractivity contribution in [1.82, 2.24) is 8.97 Å². The first-order valence-electron chi connectivity index (χ1n) is 8.80. The summed E-state index contributed by atoms with van der Waals surface area (Å²) in [5, 5.41) is 2.79. The average Bonchev–Trinajstić information content (AvgIpc) is 3.18. The minimum absolute atomic E-state index is 0.0778. The van der Waals surface area contributed by atoms with Gasteiger partial charge >= 0.3 is 0 Å². The van der Waals surface area contributed by atoms with Gasteiger partial charge in [-0.25, -0.2) is 4.39 Å². The number of ether oxygens (including phenoxy) is 1. The predicted molar refractivity (Wildman–Crippen MR) is 105 cm³/mol. The van der Waals surface area contributed by atoms with Crippen LogP contribution in [0.25, 0.3) is 16.6 Å². The third kappa shape index (κ3) is 3.22. The van der Waals surface area contributed by atoms with Crippen LogP contribution >= 0.6 is 0 Å². The minimum atomic E-state index is -0.435. The summed E-state index contributed by atoms with van der Waals surface area (Å²) < 4.78 is 22.1. The Bertz CT molecular complexity index is 1230. The average molecular weight is 379 g/mol. The van der Waals surface area contributed by atoms with Crippen LogP contribution in [-0.4, -0.2) is 22.0 Å². The molecule has 7 heteroatoms. The van der Waals surface area contributed by atoms with Crippen LogP contribution in [0.2, 0.25) is 0 Å². The maximum absolute atomic E-state index is 13.8. The molecule has 1 amide bonds. The van der Waals surface area contributed by atoms with Crippen LogP contribution in [-0.2, 0) is 11.3 Å². The van der Waals surface area contributed by atoms with Gasteiger partial charge in [0.15, 0.2) is 0 Å². The molecule has 0 saturated carbocycles. The Balaban J connectivity index is 1.61. The minimum Gasteiger partial charge on any atom is -0.497 e. The molecule has 6 nitrogen and oxygen atoms in total. The normalized spacial score (nSPS) is 11.1. The highest BCUT2D eigenvalue weighted by Crippen LogP contribution is 2.18. The molecule has 0 atom stereocenters. The molecule has 28 heavy (non-hydrogen) atoms. The van der Waals surface area contributed by atoms with Crippen molar-refractivity contribution in [1.29, 1.82) is 0 Å². The molecule has 2 heterocycles. The molecular formula is C21H18FN3O3. The van der Waals surface area contributed by atoms with E-state index in [0.717, 1.165) is 0 Å². The Morgan fingerprint density at radius 3 is 2.61 bits per heavy atom. The Hall–Kier alpha value is -3.61. The van der Waals surface area contributed by atoms with E-state index >= 15 is 0 Å². The van der Waals surface area contributed by atoms with Crippen LogP contribution in [0, 0.1) is 5.82 Å². The van der Waals surface area contributed by atoms with Gasteiger partial charge in [0.05, 0.1) is 18.1 Å². The topological polar surface area (TPSA) is 64.7 Å². The highest BCUT2D eigenvalue weighted by Gasteiger charge is 2.13. The molecule has 0 radical (unpaired) electrons. The van der Waals surface area contributed by atoms with Crippen molar-refractivity contribution < 1.29 is 13.9 Å². The van der Waals surface area contributed by atoms with Crippen LogP contribution < -0.4 is 15.6 Å². The van der Waals surface area contributed by atoms with E-state index in [1.54, 1.807) is 60.2 Å². The van der Waals surface area contributed by atoms with Gasteiger partial charge in [0.25, 0.3) is 5.56 Å². The van der Waals surface area contributed by atoms with Crippen LogP contribution in [0.15, 0.2) is 65.6 Å². The van der Waals surface area contributed by atoms with E-state index in [4.69, 9.17) is 4.74 Å². The third-order valence-electron chi connectivity index (χ3n) is 4.64. The van der Waals surface area contributed by atoms with Crippen molar-refractivity contribution in [3.8, 4) is 5.75 Å². The van der Waals surface area contributed by atoms with Gasteiger partial charge in [-0.3, -0.25) is 9.59 Å². The van der Waals surface area contributed by atoms with Crippen molar-refractivity contribution in [2.45, 2.75) is 13.0 Å². The number of hydrogen-bond acceptors (Lipinski definition) is 3. The smallest absolute Gasteiger partial charge is 0.275 e. The number of nitrogens with zero attached hydrogens (tertiary/aromatic N) is 2. The number of nitrogens with one attached hydrogen (secondary N) is 1. The lowest BCUT2D eigenvalue weighted by Gasteiger charge is -2.13. The molecule has 0 unspecified atom stereocenters. The molecule has 0 aliphatic heterocycles. The van der Waals surface area contributed by atoms with Gasteiger partial charge in [0, 0.05) is 24.8 Å². The number of hydrogen-bond donors (Lipinski definition) is 1. The zero-order valence-electron chi connectivity index (χ0n) is 15.2. The zero-order chi connectivity index (χ0) is 19.7. The highest BCUT2D eigenvalue weighted by molar-refractivity contribution is 5.90. The number of methoxy groups -OCH3 is 1. The molecule has 142 valence electrons. The number of carbonyl (C=O) groups is 1. The Morgan fingerprint density at radius 1 is 1.07 bits per heavy atom. The molecule has 1 N–H and O–H groups in total. The number of carbonyl (C=O) groups excluding carboxylic acids is 1. The Morgan fingerprint density at radius 2 is 1.86 bits per heavy atom. The molecule has 0 fully saturated rings. The first-order chi connectivity index (χ1) is 13.6. The first-order valence-corrected chi connectivity index (χ1v) is 8.80. The summed E-state index contributed by atoms with van der Waals surface area (Å²) >= 11 is 0. The largest absolute Gasteiger partial charge is 0.497 e. The Labute approximate surface area is 159 Å². The SMILES string of the molecule is COc1ccc(NC(=O)CCn2c(=O)c3cccn3c3ccc(F)cc32)cc1. The number of aromatic nitrogens is 2. The lowest BCUT2D eigenvalue weighted by Crippen LogP contribution is -2.25. The number of aryl methyl sites for hydroxylation is 1. The molecule has 0 bridgehead atoms. The van der Waals surface area contributed by atoms with E-state index in [-0.39, 0.29) is 24.4 Å². The summed E-state index contributed by atoms with van der Waals surface area (Å²) in [7, 11) is 1.57. The maximum Gasteiger partial charge on any atom is 0.275 e. The van der Waals surface area contributed by atoms with Gasteiger partial charge in [-0.1, -0.05) is 0 Å². The maximum atomic E-state index is 13.8. The van der Waals surface area contributed by atoms with E-state index in [1.807, 2.05) is 0 Å². The molecular weight excluding hydrogens is 361 g/mol. The van der Waals surface area contributed by atoms with Crippen molar-refractivity contribution >= 4 is 28.1 Å². The van der Waals surface area contributed by atoms with Crippen molar-refractivity contribution in [3.63, 3.8) is 0 Å². The molecule has 4 aromatic rings. The van der Waals surface area contributed by atoms with Crippen molar-refractivity contribution in [2.24, 2.45) is 0 Å². The second-order valence-electron chi connectivity index (χ2n) is 6.38. The highest BCUT2D eigenvalue weighted by atomic mass is 19.1. The number of halogens is 1. The van der Waals surface area contributed by atoms with Gasteiger partial charge in [-0.2, -0.15) is 0 Å². The standard InChI is InChI=1S/C21H18FN3O3/c1-28-16-7-5-15(6-8-16)23-20(26)10-12-25-19-13-14(22)4-9-17(19)24-11-2-3-18(24)21(25)27/h2-9,11,13H,10,12H2,1H3,(H,23,26). The summed E-state index contributed by atoms with van der Waals surface area (Å²) in [6.45, 7) is 0.141. The van der Waals surface area contributed by atoms with Crippen LogP contribution in [0.3, 0.4) is 0 Å². The molecule has 2 aromatic carbocycles. The fraction of sp³-hybridized carbons (Fsp3) is 0.143. The lowest BCUT2D eigenvalue weighted by molar-refractivity contribution is -0.116. The van der Waals surface area contributed by atoms with Gasteiger partial charge in [0.2, 0.25) is 5.91 Å². The Kier molecular flexibility index (Phi) is 4.57.